The van der Waals surface area contributed by atoms with Crippen molar-refractivity contribution in [1.82, 2.24) is 5.32 Å². The van der Waals surface area contributed by atoms with Gasteiger partial charge in [-0.25, -0.2) is 0 Å². The first-order valence-corrected chi connectivity index (χ1v) is 3.87. The summed E-state index contributed by atoms with van der Waals surface area (Å²) in [6, 6.07) is 0. The van der Waals surface area contributed by atoms with Gasteiger partial charge in [-0.15, -0.1) is 0 Å². The van der Waals surface area contributed by atoms with Crippen molar-refractivity contribution in [3.8, 4) is 0 Å². The molecule has 0 aromatic carbocycles. The van der Waals surface area contributed by atoms with E-state index in [0.29, 0.717) is 18.1 Å². The van der Waals surface area contributed by atoms with Gasteiger partial charge in [0.2, 0.25) is 0 Å². The number of hydrogen-bond donors (Lipinski definition) is 1. The monoisotopic (exact) mass is 140 g/mol. The van der Waals surface area contributed by atoms with E-state index in [2.05, 4.69) is 12.2 Å². The summed E-state index contributed by atoms with van der Waals surface area (Å²) in [4.78, 5) is 11.1. The molecule has 0 atom stereocenters. The number of hydrogen-bond acceptors (Lipinski definition) is 2. The third kappa shape index (κ3) is 1.81. The topological polar surface area (TPSA) is 29.1 Å². The molecule has 0 bridgehead atoms. The molecule has 1 fully saturated rings. The lowest BCUT2D eigenvalue weighted by molar-refractivity contribution is -0.122. The Labute approximate surface area is 62.0 Å². The quantitative estimate of drug-likeness (QED) is 0.614. The molecule has 0 unspecified atom stereocenters. The maximum absolute atomic E-state index is 11.1. The second-order valence-electron chi connectivity index (χ2n) is 2.74. The Bertz CT molecular complexity index is 116. The van der Waals surface area contributed by atoms with E-state index in [0.717, 1.165) is 25.9 Å². The summed E-state index contributed by atoms with van der Waals surface area (Å²) in [6.45, 7) is 5.58. The van der Waals surface area contributed by atoms with Crippen LogP contribution < -0.4 is 5.32 Å². The van der Waals surface area contributed by atoms with Gasteiger partial charge in [-0.1, -0.05) is 0 Å². The minimum absolute atomic E-state index is 0.304. The number of rotatable bonds is 2. The maximum Gasteiger partial charge on any atom is 0.136 e. The number of carbonyl (C=O) groups is 1. The van der Waals surface area contributed by atoms with E-state index < -0.39 is 0 Å². The molecule has 1 radical (unpaired) electrons. The number of ketones is 1. The lowest BCUT2D eigenvalue weighted by Gasteiger charge is -2.20. The fourth-order valence-corrected chi connectivity index (χ4v) is 1.35. The van der Waals surface area contributed by atoms with Gasteiger partial charge >= 0.3 is 0 Å². The average Bonchev–Trinajstić information content (AvgIpc) is 2.05. The molecule has 2 heteroatoms. The second kappa shape index (κ2) is 3.71. The van der Waals surface area contributed by atoms with Crippen molar-refractivity contribution in [2.75, 3.05) is 13.1 Å². The molecule has 10 heavy (non-hydrogen) atoms. The summed E-state index contributed by atoms with van der Waals surface area (Å²) in [7, 11) is 0. The molecule has 0 amide bonds. The summed E-state index contributed by atoms with van der Waals surface area (Å²) in [5.74, 6) is 0.639. The molecule has 1 N–H and O–H groups in total. The van der Waals surface area contributed by atoms with Crippen LogP contribution in [0.4, 0.5) is 0 Å². The van der Waals surface area contributed by atoms with Crippen LogP contribution >= 0.6 is 0 Å². The third-order valence-electron chi connectivity index (χ3n) is 2.04. The molecule has 0 saturated carbocycles. The van der Waals surface area contributed by atoms with Crippen molar-refractivity contribution in [3.63, 3.8) is 0 Å². The van der Waals surface area contributed by atoms with Crippen LogP contribution in [0.15, 0.2) is 0 Å². The van der Waals surface area contributed by atoms with Crippen LogP contribution in [0.1, 0.15) is 19.3 Å². The average molecular weight is 140 g/mol. The maximum atomic E-state index is 11.1. The summed E-state index contributed by atoms with van der Waals surface area (Å²) in [5, 5.41) is 3.22. The predicted octanol–water partition coefficient (Wildman–Crippen LogP) is 0.779. The number of carbonyl (C=O) groups excluding carboxylic acids is 1. The molecule has 1 heterocycles. The molecule has 57 valence electrons. The highest BCUT2D eigenvalue weighted by Gasteiger charge is 2.18. The third-order valence-corrected chi connectivity index (χ3v) is 2.04. The van der Waals surface area contributed by atoms with E-state index in [-0.39, 0.29) is 0 Å². The molecule has 0 aromatic heterocycles. The van der Waals surface area contributed by atoms with Crippen LogP contribution in [0.3, 0.4) is 0 Å². The standard InChI is InChI=1S/C8H14NO/c1-2-8(10)7-3-5-9-6-4-7/h7,9H,1-6H2. The predicted molar refractivity (Wildman–Crippen MR) is 40.6 cm³/mol. The van der Waals surface area contributed by atoms with E-state index in [4.69, 9.17) is 0 Å². The van der Waals surface area contributed by atoms with Gasteiger partial charge in [0, 0.05) is 12.3 Å². The zero-order valence-electron chi connectivity index (χ0n) is 6.23. The normalized spacial score (nSPS) is 20.9. The molecular weight excluding hydrogens is 126 g/mol. The molecule has 1 rings (SSSR count). The van der Waals surface area contributed by atoms with Gasteiger partial charge in [0.1, 0.15) is 5.78 Å². The first-order chi connectivity index (χ1) is 4.84. The zero-order valence-corrected chi connectivity index (χ0v) is 6.23. The van der Waals surface area contributed by atoms with Crippen molar-refractivity contribution in [1.29, 1.82) is 0 Å². The molecule has 0 aliphatic carbocycles. The van der Waals surface area contributed by atoms with Crippen LogP contribution in [-0.2, 0) is 4.79 Å². The summed E-state index contributed by atoms with van der Waals surface area (Å²) in [5.41, 5.74) is 0. The van der Waals surface area contributed by atoms with E-state index in [9.17, 15) is 4.79 Å². The number of Topliss-reactive ketones (excluding diaryl/α,β-unsaturated/α-hetero) is 1. The fraction of sp³-hybridized carbons (Fsp3) is 0.750. The lowest BCUT2D eigenvalue weighted by Crippen LogP contribution is -2.31. The van der Waals surface area contributed by atoms with Gasteiger partial charge in [0.15, 0.2) is 0 Å². The summed E-state index contributed by atoms with van der Waals surface area (Å²) < 4.78 is 0. The molecule has 1 saturated heterocycles. The second-order valence-corrected chi connectivity index (χ2v) is 2.74. The Kier molecular flexibility index (Phi) is 2.87. The smallest absolute Gasteiger partial charge is 0.136 e. The first-order valence-electron chi connectivity index (χ1n) is 3.87. The zero-order chi connectivity index (χ0) is 7.40. The Morgan fingerprint density at radius 3 is 2.60 bits per heavy atom. The number of nitrogens with one attached hydrogen (secondary N) is 1. The van der Waals surface area contributed by atoms with Crippen LogP contribution in [0.25, 0.3) is 0 Å². The van der Waals surface area contributed by atoms with Crippen molar-refractivity contribution in [2.24, 2.45) is 5.92 Å². The largest absolute Gasteiger partial charge is 0.317 e. The van der Waals surface area contributed by atoms with E-state index >= 15 is 0 Å². The SMILES string of the molecule is [CH2]CC(=O)C1CCNCC1. The molecule has 0 spiro atoms. The highest BCUT2D eigenvalue weighted by molar-refractivity contribution is 5.81. The fourth-order valence-electron chi connectivity index (χ4n) is 1.35. The molecular formula is C8H14NO. The summed E-state index contributed by atoms with van der Waals surface area (Å²) in [6.07, 6.45) is 2.48. The minimum Gasteiger partial charge on any atom is -0.317 e. The first kappa shape index (κ1) is 7.73. The van der Waals surface area contributed by atoms with Crippen LogP contribution in [0, 0.1) is 12.8 Å². The molecule has 1 aliphatic heterocycles. The van der Waals surface area contributed by atoms with E-state index in [1.54, 1.807) is 0 Å². The Morgan fingerprint density at radius 2 is 2.10 bits per heavy atom. The Morgan fingerprint density at radius 1 is 1.50 bits per heavy atom. The molecule has 1 aliphatic rings. The van der Waals surface area contributed by atoms with Crippen LogP contribution in [0.5, 0.6) is 0 Å². The van der Waals surface area contributed by atoms with Crippen LogP contribution in [-0.4, -0.2) is 18.9 Å². The van der Waals surface area contributed by atoms with Crippen molar-refractivity contribution in [2.45, 2.75) is 19.3 Å². The number of piperidine rings is 1. The van der Waals surface area contributed by atoms with Crippen molar-refractivity contribution in [3.05, 3.63) is 6.92 Å². The lowest BCUT2D eigenvalue weighted by atomic mass is 9.92. The molecule has 2 nitrogen and oxygen atoms in total. The van der Waals surface area contributed by atoms with Gasteiger partial charge in [0.05, 0.1) is 0 Å². The summed E-state index contributed by atoms with van der Waals surface area (Å²) >= 11 is 0. The molecule has 0 aromatic rings. The highest BCUT2D eigenvalue weighted by Crippen LogP contribution is 2.13. The van der Waals surface area contributed by atoms with Gasteiger partial charge in [-0.05, 0) is 32.9 Å². The Hall–Kier alpha value is -0.370. The van der Waals surface area contributed by atoms with Crippen LogP contribution in [0.2, 0.25) is 0 Å². The van der Waals surface area contributed by atoms with Crippen molar-refractivity contribution < 1.29 is 4.79 Å². The van der Waals surface area contributed by atoms with E-state index in [1.165, 1.54) is 0 Å². The van der Waals surface area contributed by atoms with Gasteiger partial charge in [-0.3, -0.25) is 4.79 Å². The highest BCUT2D eigenvalue weighted by atomic mass is 16.1. The van der Waals surface area contributed by atoms with Gasteiger partial charge in [0.25, 0.3) is 0 Å². The van der Waals surface area contributed by atoms with Gasteiger partial charge < -0.3 is 5.32 Å². The Balaban J connectivity index is 2.31. The van der Waals surface area contributed by atoms with Gasteiger partial charge in [-0.2, -0.15) is 0 Å². The van der Waals surface area contributed by atoms with E-state index in [1.807, 2.05) is 0 Å². The minimum atomic E-state index is 0.304. The van der Waals surface area contributed by atoms with Crippen molar-refractivity contribution >= 4 is 5.78 Å².